The second-order valence-electron chi connectivity index (χ2n) is 4.41. The number of Topliss-reactive ketones (excluding diaryl/α,β-unsaturated/α-hetero) is 1. The number of carbonyl (C=O) groups excluding carboxylic acids is 1. The zero-order valence-electron chi connectivity index (χ0n) is 11.8. The lowest BCUT2D eigenvalue weighted by Gasteiger charge is -2.09. The van der Waals surface area contributed by atoms with E-state index in [1.165, 1.54) is 5.56 Å². The topological polar surface area (TPSA) is 35.5 Å². The van der Waals surface area contributed by atoms with Gasteiger partial charge in [-0.15, -0.1) is 0 Å². The molecule has 0 amide bonds. The van der Waals surface area contributed by atoms with Gasteiger partial charge in [0.15, 0.2) is 6.61 Å². The van der Waals surface area contributed by atoms with Crippen molar-refractivity contribution in [1.82, 2.24) is 0 Å². The van der Waals surface area contributed by atoms with Crippen LogP contribution in [-0.2, 0) is 6.42 Å². The highest BCUT2D eigenvalue weighted by Crippen LogP contribution is 2.19. The molecular weight excluding hydrogens is 252 g/mol. The SMILES string of the molecule is CCc1ccc(OCC(=O)c2ccccc2OC)cc1. The fraction of sp³-hybridized carbons (Fsp3) is 0.235. The number of para-hydroxylation sites is 1. The van der Waals surface area contributed by atoms with Crippen LogP contribution in [0.5, 0.6) is 11.5 Å². The molecular formula is C17H18O3. The molecule has 0 radical (unpaired) electrons. The summed E-state index contributed by atoms with van der Waals surface area (Å²) in [5.41, 5.74) is 1.79. The van der Waals surface area contributed by atoms with Crippen molar-refractivity contribution in [3.8, 4) is 11.5 Å². The summed E-state index contributed by atoms with van der Waals surface area (Å²) in [7, 11) is 1.55. The van der Waals surface area contributed by atoms with Crippen LogP contribution in [0.1, 0.15) is 22.8 Å². The Bertz CT molecular complexity index is 573. The van der Waals surface area contributed by atoms with E-state index in [-0.39, 0.29) is 12.4 Å². The highest BCUT2D eigenvalue weighted by atomic mass is 16.5. The van der Waals surface area contributed by atoms with E-state index in [9.17, 15) is 4.79 Å². The van der Waals surface area contributed by atoms with Gasteiger partial charge >= 0.3 is 0 Å². The monoisotopic (exact) mass is 270 g/mol. The summed E-state index contributed by atoms with van der Waals surface area (Å²) in [6, 6.07) is 14.9. The van der Waals surface area contributed by atoms with Gasteiger partial charge in [0, 0.05) is 0 Å². The largest absolute Gasteiger partial charge is 0.496 e. The molecule has 0 saturated carbocycles. The summed E-state index contributed by atoms with van der Waals surface area (Å²) in [5, 5.41) is 0. The normalized spacial score (nSPS) is 10.1. The molecule has 0 aromatic heterocycles. The van der Waals surface area contributed by atoms with Crippen LogP contribution in [0.15, 0.2) is 48.5 Å². The van der Waals surface area contributed by atoms with E-state index in [4.69, 9.17) is 9.47 Å². The fourth-order valence-corrected chi connectivity index (χ4v) is 1.92. The first kappa shape index (κ1) is 14.1. The smallest absolute Gasteiger partial charge is 0.203 e. The van der Waals surface area contributed by atoms with Gasteiger partial charge in [-0.05, 0) is 36.2 Å². The molecule has 0 aliphatic rings. The van der Waals surface area contributed by atoms with Crippen LogP contribution in [0, 0.1) is 0 Å². The van der Waals surface area contributed by atoms with Crippen LogP contribution in [-0.4, -0.2) is 19.5 Å². The van der Waals surface area contributed by atoms with Crippen molar-refractivity contribution < 1.29 is 14.3 Å². The summed E-state index contributed by atoms with van der Waals surface area (Å²) in [4.78, 5) is 12.1. The average Bonchev–Trinajstić information content (AvgIpc) is 2.53. The highest BCUT2D eigenvalue weighted by molar-refractivity contribution is 5.99. The third-order valence-electron chi connectivity index (χ3n) is 3.11. The number of hydrogen-bond donors (Lipinski definition) is 0. The quantitative estimate of drug-likeness (QED) is 0.753. The van der Waals surface area contributed by atoms with Gasteiger partial charge in [-0.1, -0.05) is 31.2 Å². The van der Waals surface area contributed by atoms with Gasteiger partial charge in [-0.2, -0.15) is 0 Å². The standard InChI is InChI=1S/C17H18O3/c1-3-13-8-10-14(11-9-13)20-12-16(18)15-6-4-5-7-17(15)19-2/h4-11H,3,12H2,1-2H3. The van der Waals surface area contributed by atoms with Crippen LogP contribution in [0.3, 0.4) is 0 Å². The van der Waals surface area contributed by atoms with Gasteiger partial charge in [-0.3, -0.25) is 4.79 Å². The first-order valence-corrected chi connectivity index (χ1v) is 6.62. The van der Waals surface area contributed by atoms with Gasteiger partial charge in [0.2, 0.25) is 5.78 Å². The maximum atomic E-state index is 12.1. The van der Waals surface area contributed by atoms with E-state index >= 15 is 0 Å². The zero-order valence-corrected chi connectivity index (χ0v) is 11.8. The maximum Gasteiger partial charge on any atom is 0.203 e. The Labute approximate surface area is 119 Å². The summed E-state index contributed by atoms with van der Waals surface area (Å²) >= 11 is 0. The lowest BCUT2D eigenvalue weighted by atomic mass is 10.1. The molecule has 0 saturated heterocycles. The van der Waals surface area contributed by atoms with Crippen molar-refractivity contribution in [2.75, 3.05) is 13.7 Å². The second-order valence-corrected chi connectivity index (χ2v) is 4.41. The molecule has 2 rings (SSSR count). The molecule has 20 heavy (non-hydrogen) atoms. The average molecular weight is 270 g/mol. The first-order valence-electron chi connectivity index (χ1n) is 6.62. The molecule has 104 valence electrons. The number of ketones is 1. The molecule has 0 spiro atoms. The van der Waals surface area contributed by atoms with E-state index in [1.807, 2.05) is 36.4 Å². The van der Waals surface area contributed by atoms with Crippen LogP contribution >= 0.6 is 0 Å². The molecule has 3 heteroatoms. The third kappa shape index (κ3) is 3.38. The van der Waals surface area contributed by atoms with Gasteiger partial charge in [0.1, 0.15) is 11.5 Å². The van der Waals surface area contributed by atoms with Gasteiger partial charge in [-0.25, -0.2) is 0 Å². The van der Waals surface area contributed by atoms with Crippen LogP contribution in [0.2, 0.25) is 0 Å². The minimum absolute atomic E-state index is 0.00580. The van der Waals surface area contributed by atoms with Crippen LogP contribution in [0.4, 0.5) is 0 Å². The molecule has 0 atom stereocenters. The highest BCUT2D eigenvalue weighted by Gasteiger charge is 2.12. The van der Waals surface area contributed by atoms with E-state index < -0.39 is 0 Å². The Morgan fingerprint density at radius 2 is 1.75 bits per heavy atom. The van der Waals surface area contributed by atoms with Crippen LogP contribution < -0.4 is 9.47 Å². The van der Waals surface area contributed by atoms with Crippen molar-refractivity contribution in [2.45, 2.75) is 13.3 Å². The Kier molecular flexibility index (Phi) is 4.77. The Balaban J connectivity index is 2.01. The lowest BCUT2D eigenvalue weighted by molar-refractivity contribution is 0.0918. The molecule has 0 fully saturated rings. The number of methoxy groups -OCH3 is 1. The molecule has 0 aliphatic carbocycles. The summed E-state index contributed by atoms with van der Waals surface area (Å²) < 4.78 is 10.7. The molecule has 2 aromatic carbocycles. The second kappa shape index (κ2) is 6.75. The van der Waals surface area contributed by atoms with Crippen molar-refractivity contribution in [2.24, 2.45) is 0 Å². The minimum atomic E-state index is -0.0954. The van der Waals surface area contributed by atoms with E-state index in [2.05, 4.69) is 6.92 Å². The van der Waals surface area contributed by atoms with Gasteiger partial charge in [0.25, 0.3) is 0 Å². The van der Waals surface area contributed by atoms with Crippen molar-refractivity contribution in [3.63, 3.8) is 0 Å². The molecule has 2 aromatic rings. The van der Waals surface area contributed by atoms with Gasteiger partial charge < -0.3 is 9.47 Å². The number of hydrogen-bond acceptors (Lipinski definition) is 3. The van der Waals surface area contributed by atoms with Crippen molar-refractivity contribution >= 4 is 5.78 Å². The number of aryl methyl sites for hydroxylation is 1. The van der Waals surface area contributed by atoms with E-state index in [0.717, 1.165) is 6.42 Å². The van der Waals surface area contributed by atoms with Crippen LogP contribution in [0.25, 0.3) is 0 Å². The maximum absolute atomic E-state index is 12.1. The lowest BCUT2D eigenvalue weighted by Crippen LogP contribution is -2.12. The Morgan fingerprint density at radius 3 is 2.40 bits per heavy atom. The number of benzene rings is 2. The van der Waals surface area contributed by atoms with Crippen molar-refractivity contribution in [1.29, 1.82) is 0 Å². The minimum Gasteiger partial charge on any atom is -0.496 e. The molecule has 0 aliphatic heterocycles. The molecule has 0 bridgehead atoms. The summed E-state index contributed by atoms with van der Waals surface area (Å²) in [6.07, 6.45) is 0.987. The molecule has 0 heterocycles. The van der Waals surface area contributed by atoms with E-state index in [1.54, 1.807) is 19.2 Å². The first-order chi connectivity index (χ1) is 9.74. The Morgan fingerprint density at radius 1 is 1.05 bits per heavy atom. The fourth-order valence-electron chi connectivity index (χ4n) is 1.92. The zero-order chi connectivity index (χ0) is 14.4. The summed E-state index contributed by atoms with van der Waals surface area (Å²) in [6.45, 7) is 2.10. The predicted molar refractivity (Wildman–Crippen MR) is 78.6 cm³/mol. The number of carbonyl (C=O) groups is 1. The van der Waals surface area contributed by atoms with Crippen molar-refractivity contribution in [3.05, 3.63) is 59.7 Å². The number of ether oxygens (including phenoxy) is 2. The summed E-state index contributed by atoms with van der Waals surface area (Å²) in [5.74, 6) is 1.18. The van der Waals surface area contributed by atoms with E-state index in [0.29, 0.717) is 17.1 Å². The molecule has 0 N–H and O–H groups in total. The Hall–Kier alpha value is -2.29. The molecule has 0 unspecified atom stereocenters. The predicted octanol–water partition coefficient (Wildman–Crippen LogP) is 3.52. The number of rotatable bonds is 6. The third-order valence-corrected chi connectivity index (χ3v) is 3.11. The molecule has 3 nitrogen and oxygen atoms in total. The van der Waals surface area contributed by atoms with Gasteiger partial charge in [0.05, 0.1) is 12.7 Å².